The molecule has 0 radical (unpaired) electrons. The van der Waals surface area contributed by atoms with E-state index in [1.165, 1.54) is 0 Å². The van der Waals surface area contributed by atoms with Gasteiger partial charge in [0.25, 0.3) is 0 Å². The highest BCUT2D eigenvalue weighted by atomic mass is 16.2. The fourth-order valence-corrected chi connectivity index (χ4v) is 3.42. The van der Waals surface area contributed by atoms with E-state index >= 15 is 0 Å². The van der Waals surface area contributed by atoms with Gasteiger partial charge in [0.05, 0.1) is 23.8 Å². The van der Waals surface area contributed by atoms with E-state index in [1.54, 1.807) is 0 Å². The Bertz CT molecular complexity index is 744. The molecule has 1 saturated heterocycles. The Hall–Kier alpha value is -2.24. The third kappa shape index (κ3) is 4.11. The zero-order chi connectivity index (χ0) is 18.7. The number of amides is 1. The lowest BCUT2D eigenvalue weighted by Crippen LogP contribution is -2.44. The average molecular weight is 355 g/mol. The van der Waals surface area contributed by atoms with E-state index in [1.807, 2.05) is 55.1 Å². The van der Waals surface area contributed by atoms with E-state index in [0.29, 0.717) is 0 Å². The van der Waals surface area contributed by atoms with Gasteiger partial charge in [0.15, 0.2) is 0 Å². The maximum atomic E-state index is 12.6. The highest BCUT2D eigenvalue weighted by Gasteiger charge is 2.31. The molecule has 1 unspecified atom stereocenters. The lowest BCUT2D eigenvalue weighted by Gasteiger charge is -2.36. The van der Waals surface area contributed by atoms with E-state index in [-0.39, 0.29) is 17.2 Å². The Labute approximate surface area is 155 Å². The minimum Gasteiger partial charge on any atom is -0.342 e. The van der Waals surface area contributed by atoms with Crippen molar-refractivity contribution < 1.29 is 4.79 Å². The second-order valence-corrected chi connectivity index (χ2v) is 8.16. The first-order valence-electron chi connectivity index (χ1n) is 9.52. The van der Waals surface area contributed by atoms with Gasteiger partial charge in [0.1, 0.15) is 0 Å². The van der Waals surface area contributed by atoms with Gasteiger partial charge in [-0.2, -0.15) is 5.10 Å². The minimum absolute atomic E-state index is 0.218. The van der Waals surface area contributed by atoms with E-state index in [2.05, 4.69) is 22.0 Å². The van der Waals surface area contributed by atoms with Crippen LogP contribution in [0, 0.1) is 5.41 Å². The van der Waals surface area contributed by atoms with Crippen LogP contribution >= 0.6 is 0 Å². The summed E-state index contributed by atoms with van der Waals surface area (Å²) in [6.45, 7) is 10.6. The summed E-state index contributed by atoms with van der Waals surface area (Å²) in [7, 11) is 0. The van der Waals surface area contributed by atoms with Crippen LogP contribution in [-0.2, 0) is 11.3 Å². The van der Waals surface area contributed by atoms with Crippen molar-refractivity contribution in [1.82, 2.24) is 24.6 Å². The second-order valence-electron chi connectivity index (χ2n) is 8.16. The summed E-state index contributed by atoms with van der Waals surface area (Å²) >= 11 is 0. The van der Waals surface area contributed by atoms with Gasteiger partial charge in [0.2, 0.25) is 5.91 Å². The molecule has 0 aromatic carbocycles. The van der Waals surface area contributed by atoms with Gasteiger partial charge in [0, 0.05) is 48.9 Å². The molecule has 1 fully saturated rings. The predicted octanol–water partition coefficient (Wildman–Crippen LogP) is 3.50. The molecule has 0 aliphatic carbocycles. The molecule has 0 bridgehead atoms. The van der Waals surface area contributed by atoms with Crippen LogP contribution in [0.25, 0.3) is 11.3 Å². The number of aromatic nitrogens is 4. The van der Waals surface area contributed by atoms with Crippen LogP contribution in [0.5, 0.6) is 0 Å². The first-order valence-corrected chi connectivity index (χ1v) is 9.52. The van der Waals surface area contributed by atoms with Crippen molar-refractivity contribution in [2.24, 2.45) is 5.41 Å². The molecular weight excluding hydrogens is 326 g/mol. The summed E-state index contributed by atoms with van der Waals surface area (Å²) in [6.07, 6.45) is 10.7. The molecule has 140 valence electrons. The van der Waals surface area contributed by atoms with Crippen LogP contribution in [0.15, 0.2) is 24.8 Å². The molecule has 0 spiro atoms. The Kier molecular flexibility index (Phi) is 5.39. The lowest BCUT2D eigenvalue weighted by atomic mass is 9.90. The van der Waals surface area contributed by atoms with Gasteiger partial charge < -0.3 is 4.90 Å². The van der Waals surface area contributed by atoms with Crippen molar-refractivity contribution in [3.05, 3.63) is 30.5 Å². The van der Waals surface area contributed by atoms with E-state index in [9.17, 15) is 4.79 Å². The first-order chi connectivity index (χ1) is 12.4. The highest BCUT2D eigenvalue weighted by molar-refractivity contribution is 5.81. The fourth-order valence-electron chi connectivity index (χ4n) is 3.42. The molecule has 1 amide bonds. The Morgan fingerprint density at radius 2 is 2.04 bits per heavy atom. The number of carbonyl (C=O) groups is 1. The largest absolute Gasteiger partial charge is 0.342 e. The van der Waals surface area contributed by atoms with Gasteiger partial charge >= 0.3 is 0 Å². The summed E-state index contributed by atoms with van der Waals surface area (Å²) in [5, 5.41) is 4.35. The van der Waals surface area contributed by atoms with E-state index < -0.39 is 0 Å². The van der Waals surface area contributed by atoms with Crippen LogP contribution in [0.1, 0.15) is 58.6 Å². The van der Waals surface area contributed by atoms with E-state index in [0.717, 1.165) is 55.8 Å². The van der Waals surface area contributed by atoms with Gasteiger partial charge in [-0.25, -0.2) is 0 Å². The molecule has 1 aliphatic rings. The number of hydrogen-bond acceptors (Lipinski definition) is 4. The zero-order valence-corrected chi connectivity index (χ0v) is 16.3. The second kappa shape index (κ2) is 7.56. The third-order valence-electron chi connectivity index (χ3n) is 4.82. The van der Waals surface area contributed by atoms with Gasteiger partial charge in [-0.15, -0.1) is 0 Å². The molecule has 0 saturated carbocycles. The number of carbonyl (C=O) groups excluding carboxylic acids is 1. The number of hydrogen-bond donors (Lipinski definition) is 0. The normalized spacial score (nSPS) is 18.2. The number of rotatable bonds is 4. The quantitative estimate of drug-likeness (QED) is 0.842. The molecule has 0 N–H and O–H groups in total. The first kappa shape index (κ1) is 18.5. The molecule has 2 aromatic rings. The van der Waals surface area contributed by atoms with Crippen molar-refractivity contribution in [2.45, 2.75) is 59.4 Å². The smallest absolute Gasteiger partial charge is 0.227 e. The van der Waals surface area contributed by atoms with Crippen molar-refractivity contribution in [3.63, 3.8) is 0 Å². The average Bonchev–Trinajstić information content (AvgIpc) is 3.09. The third-order valence-corrected chi connectivity index (χ3v) is 4.82. The van der Waals surface area contributed by atoms with Gasteiger partial charge in [-0.1, -0.05) is 27.7 Å². The van der Waals surface area contributed by atoms with Crippen LogP contribution in [0.2, 0.25) is 0 Å². The van der Waals surface area contributed by atoms with Crippen molar-refractivity contribution >= 4 is 5.91 Å². The minimum atomic E-state index is -0.337. The maximum absolute atomic E-state index is 12.6. The summed E-state index contributed by atoms with van der Waals surface area (Å²) in [6, 6.07) is 0. The summed E-state index contributed by atoms with van der Waals surface area (Å²) in [5.41, 5.74) is 2.47. The topological polar surface area (TPSA) is 63.9 Å². The van der Waals surface area contributed by atoms with Gasteiger partial charge in [-0.05, 0) is 19.3 Å². The standard InChI is InChI=1S/C20H29N5O/c1-5-8-25-14-16(10-23-25)18-12-21-17(11-22-18)15-7-6-9-24(13-15)19(26)20(2,3)4/h10-12,14-15H,5-9,13H2,1-4H3. The molecule has 1 atom stereocenters. The van der Waals surface area contributed by atoms with Crippen LogP contribution in [0.3, 0.4) is 0 Å². The van der Waals surface area contributed by atoms with Crippen molar-refractivity contribution in [1.29, 1.82) is 0 Å². The number of nitrogens with zero attached hydrogens (tertiary/aromatic N) is 5. The Morgan fingerprint density at radius 3 is 2.69 bits per heavy atom. The molecule has 6 heteroatoms. The zero-order valence-electron chi connectivity index (χ0n) is 16.3. The monoisotopic (exact) mass is 355 g/mol. The van der Waals surface area contributed by atoms with Crippen molar-refractivity contribution in [2.75, 3.05) is 13.1 Å². The molecular formula is C20H29N5O. The van der Waals surface area contributed by atoms with E-state index in [4.69, 9.17) is 0 Å². The summed E-state index contributed by atoms with van der Waals surface area (Å²) < 4.78 is 1.93. The maximum Gasteiger partial charge on any atom is 0.227 e. The highest BCUT2D eigenvalue weighted by Crippen LogP contribution is 2.29. The molecule has 3 rings (SSSR count). The lowest BCUT2D eigenvalue weighted by molar-refractivity contribution is -0.140. The molecule has 26 heavy (non-hydrogen) atoms. The number of piperidine rings is 1. The van der Waals surface area contributed by atoms with Crippen molar-refractivity contribution in [3.8, 4) is 11.3 Å². The number of aryl methyl sites for hydroxylation is 1. The molecule has 6 nitrogen and oxygen atoms in total. The van der Waals surface area contributed by atoms with Crippen LogP contribution in [-0.4, -0.2) is 43.6 Å². The Morgan fingerprint density at radius 1 is 1.23 bits per heavy atom. The predicted molar refractivity (Wildman–Crippen MR) is 102 cm³/mol. The SMILES string of the molecule is CCCn1cc(-c2cnc(C3CCCN(C(=O)C(C)(C)C)C3)cn2)cn1. The van der Waals surface area contributed by atoms with Crippen LogP contribution < -0.4 is 0 Å². The summed E-state index contributed by atoms with van der Waals surface area (Å²) in [4.78, 5) is 23.8. The molecule has 1 aliphatic heterocycles. The summed E-state index contributed by atoms with van der Waals surface area (Å²) in [5.74, 6) is 0.481. The van der Waals surface area contributed by atoms with Gasteiger partial charge in [-0.3, -0.25) is 19.4 Å². The fraction of sp³-hybridized carbons (Fsp3) is 0.600. The Balaban J connectivity index is 1.70. The molecule has 3 heterocycles. The number of likely N-dealkylation sites (tertiary alicyclic amines) is 1. The molecule has 2 aromatic heterocycles. The van der Waals surface area contributed by atoms with Crippen LogP contribution in [0.4, 0.5) is 0 Å².